The maximum atomic E-state index is 12.0. The van der Waals surface area contributed by atoms with Gasteiger partial charge in [0.2, 0.25) is 5.82 Å². The normalized spacial score (nSPS) is 17.0. The van der Waals surface area contributed by atoms with E-state index in [-0.39, 0.29) is 11.7 Å². The van der Waals surface area contributed by atoms with E-state index < -0.39 is 0 Å². The van der Waals surface area contributed by atoms with E-state index in [4.69, 9.17) is 0 Å². The van der Waals surface area contributed by atoms with Gasteiger partial charge in [-0.3, -0.25) is 9.48 Å². The van der Waals surface area contributed by atoms with Crippen molar-refractivity contribution in [1.29, 1.82) is 0 Å². The second-order valence-electron chi connectivity index (χ2n) is 7.33. The molecule has 0 unspecified atom stereocenters. The number of rotatable bonds is 6. The molecule has 3 rings (SSSR count). The van der Waals surface area contributed by atoms with Gasteiger partial charge in [0.15, 0.2) is 0 Å². The smallest absolute Gasteiger partial charge is 0.288 e. The highest BCUT2D eigenvalue weighted by molar-refractivity contribution is 5.90. The molecule has 1 saturated heterocycles. The summed E-state index contributed by atoms with van der Waals surface area (Å²) in [5.74, 6) is 0.834. The molecule has 2 aromatic heterocycles. The topological polar surface area (TPSA) is 88.0 Å². The molecule has 1 aliphatic rings. The first-order chi connectivity index (χ1) is 12.9. The van der Waals surface area contributed by atoms with Crippen LogP contribution in [0, 0.1) is 13.8 Å². The average molecular weight is 371 g/mol. The number of hydrogen-bond acceptors (Lipinski definition) is 6. The molecular formula is C19H29N7O. The lowest BCUT2D eigenvalue weighted by atomic mass is 10.2. The predicted octanol–water partition coefficient (Wildman–Crippen LogP) is 1.60. The van der Waals surface area contributed by atoms with Gasteiger partial charge in [0.1, 0.15) is 5.82 Å². The van der Waals surface area contributed by atoms with Gasteiger partial charge in [0.25, 0.3) is 5.91 Å². The Balaban J connectivity index is 1.68. The Morgan fingerprint density at radius 3 is 2.81 bits per heavy atom. The van der Waals surface area contributed by atoms with Gasteiger partial charge >= 0.3 is 0 Å². The molecule has 0 spiro atoms. The number of nitrogens with zero attached hydrogens (tertiary/aromatic N) is 5. The highest BCUT2D eigenvalue weighted by Crippen LogP contribution is 2.24. The molecule has 0 aromatic carbocycles. The van der Waals surface area contributed by atoms with Crippen molar-refractivity contribution < 1.29 is 4.79 Å². The lowest BCUT2D eigenvalue weighted by molar-refractivity contribution is 0.0952. The molecule has 146 valence electrons. The molecule has 0 saturated carbocycles. The monoisotopic (exact) mass is 371 g/mol. The number of nitrogens with one attached hydrogen (secondary N) is 2. The van der Waals surface area contributed by atoms with Crippen LogP contribution in [0.5, 0.6) is 0 Å². The second-order valence-corrected chi connectivity index (χ2v) is 7.33. The van der Waals surface area contributed by atoms with Crippen LogP contribution >= 0.6 is 0 Å². The van der Waals surface area contributed by atoms with Gasteiger partial charge in [-0.25, -0.2) is 9.97 Å². The largest absolute Gasteiger partial charge is 0.355 e. The number of amides is 1. The highest BCUT2D eigenvalue weighted by atomic mass is 16.2. The van der Waals surface area contributed by atoms with Gasteiger partial charge in [0.05, 0.1) is 5.69 Å². The van der Waals surface area contributed by atoms with Crippen molar-refractivity contribution in [3.63, 3.8) is 0 Å². The fourth-order valence-electron chi connectivity index (χ4n) is 3.45. The standard InChI is InChI=1S/C19H29N7O/c1-12(2)26-16(6-8-22-26)10-21-15-7-9-25(11-15)18-13(3)14(4)23-17(24-18)19(27)20-5/h6,8,12,15,21H,7,9-11H2,1-5H3,(H,20,27)/t15-/m1/s1. The van der Waals surface area contributed by atoms with E-state index in [0.29, 0.717) is 12.1 Å². The molecule has 0 aliphatic carbocycles. The van der Waals surface area contributed by atoms with Crippen LogP contribution in [0.25, 0.3) is 0 Å². The maximum absolute atomic E-state index is 12.0. The summed E-state index contributed by atoms with van der Waals surface area (Å²) in [5.41, 5.74) is 3.07. The average Bonchev–Trinajstić information content (AvgIpc) is 3.30. The minimum absolute atomic E-state index is 0.229. The summed E-state index contributed by atoms with van der Waals surface area (Å²) < 4.78 is 2.05. The van der Waals surface area contributed by atoms with Crippen molar-refractivity contribution in [3.05, 3.63) is 35.0 Å². The third kappa shape index (κ3) is 4.10. The zero-order valence-corrected chi connectivity index (χ0v) is 16.8. The zero-order chi connectivity index (χ0) is 19.6. The Morgan fingerprint density at radius 1 is 1.33 bits per heavy atom. The lowest BCUT2D eigenvalue weighted by Crippen LogP contribution is -2.33. The van der Waals surface area contributed by atoms with Gasteiger partial charge in [-0.15, -0.1) is 0 Å². The fourth-order valence-corrected chi connectivity index (χ4v) is 3.45. The quantitative estimate of drug-likeness (QED) is 0.802. The summed E-state index contributed by atoms with van der Waals surface area (Å²) >= 11 is 0. The third-order valence-electron chi connectivity index (χ3n) is 5.09. The van der Waals surface area contributed by atoms with Crippen molar-refractivity contribution >= 4 is 11.7 Å². The van der Waals surface area contributed by atoms with Crippen LogP contribution in [0.4, 0.5) is 5.82 Å². The molecule has 1 atom stereocenters. The molecule has 3 heterocycles. The van der Waals surface area contributed by atoms with Crippen molar-refractivity contribution in [1.82, 2.24) is 30.4 Å². The molecule has 8 nitrogen and oxygen atoms in total. The third-order valence-corrected chi connectivity index (χ3v) is 5.09. The van der Waals surface area contributed by atoms with Crippen LogP contribution in [-0.2, 0) is 6.54 Å². The van der Waals surface area contributed by atoms with Crippen molar-refractivity contribution in [2.24, 2.45) is 0 Å². The summed E-state index contributed by atoms with van der Waals surface area (Å²) in [6.45, 7) is 10.8. The summed E-state index contributed by atoms with van der Waals surface area (Å²) in [6.07, 6.45) is 2.89. The maximum Gasteiger partial charge on any atom is 0.288 e. The number of aryl methyl sites for hydroxylation is 1. The van der Waals surface area contributed by atoms with Gasteiger partial charge in [-0.2, -0.15) is 5.10 Å². The first-order valence-electron chi connectivity index (χ1n) is 9.48. The van der Waals surface area contributed by atoms with E-state index >= 15 is 0 Å². The Labute approximate surface area is 160 Å². The van der Waals surface area contributed by atoms with E-state index in [0.717, 1.165) is 43.1 Å². The number of anilines is 1. The molecule has 1 amide bonds. The molecule has 0 bridgehead atoms. The SMILES string of the molecule is CNC(=O)c1nc(C)c(C)c(N2CC[C@@H](NCc3ccnn3C(C)C)C2)n1. The number of carbonyl (C=O) groups is 1. The van der Waals surface area contributed by atoms with Crippen LogP contribution in [0.2, 0.25) is 0 Å². The molecule has 2 N–H and O–H groups in total. The van der Waals surface area contributed by atoms with E-state index in [2.05, 4.69) is 50.5 Å². The molecule has 27 heavy (non-hydrogen) atoms. The zero-order valence-electron chi connectivity index (χ0n) is 16.8. The van der Waals surface area contributed by atoms with Crippen LogP contribution in [-0.4, -0.2) is 51.8 Å². The van der Waals surface area contributed by atoms with E-state index in [1.54, 1.807) is 7.05 Å². The Morgan fingerprint density at radius 2 is 2.11 bits per heavy atom. The minimum Gasteiger partial charge on any atom is -0.355 e. The van der Waals surface area contributed by atoms with E-state index in [9.17, 15) is 4.79 Å². The van der Waals surface area contributed by atoms with Crippen molar-refractivity contribution in [2.45, 2.75) is 52.7 Å². The number of aromatic nitrogens is 4. The molecule has 1 fully saturated rings. The number of carbonyl (C=O) groups excluding carboxylic acids is 1. The predicted molar refractivity (Wildman–Crippen MR) is 105 cm³/mol. The van der Waals surface area contributed by atoms with Crippen LogP contribution in [0.1, 0.15) is 53.9 Å². The molecule has 2 aromatic rings. The first-order valence-corrected chi connectivity index (χ1v) is 9.48. The molecular weight excluding hydrogens is 342 g/mol. The first kappa shape index (κ1) is 19.3. The van der Waals surface area contributed by atoms with Gasteiger partial charge in [-0.1, -0.05) is 0 Å². The second kappa shape index (κ2) is 8.04. The summed E-state index contributed by atoms with van der Waals surface area (Å²) in [6, 6.07) is 2.79. The van der Waals surface area contributed by atoms with E-state index in [1.165, 1.54) is 5.69 Å². The van der Waals surface area contributed by atoms with Crippen LogP contribution in [0.3, 0.4) is 0 Å². The molecule has 1 aliphatic heterocycles. The minimum atomic E-state index is -0.254. The van der Waals surface area contributed by atoms with Crippen molar-refractivity contribution in [2.75, 3.05) is 25.0 Å². The van der Waals surface area contributed by atoms with Gasteiger partial charge in [0, 0.05) is 56.2 Å². The summed E-state index contributed by atoms with van der Waals surface area (Å²) in [5, 5.41) is 10.6. The highest BCUT2D eigenvalue weighted by Gasteiger charge is 2.26. The van der Waals surface area contributed by atoms with Gasteiger partial charge < -0.3 is 15.5 Å². The summed E-state index contributed by atoms with van der Waals surface area (Å²) in [4.78, 5) is 23.0. The molecule has 0 radical (unpaired) electrons. The fraction of sp³-hybridized carbons (Fsp3) is 0.579. The number of hydrogen-bond donors (Lipinski definition) is 2. The Bertz CT molecular complexity index is 814. The van der Waals surface area contributed by atoms with Crippen LogP contribution in [0.15, 0.2) is 12.3 Å². The van der Waals surface area contributed by atoms with Gasteiger partial charge in [-0.05, 0) is 40.2 Å². The van der Waals surface area contributed by atoms with Crippen LogP contribution < -0.4 is 15.5 Å². The van der Waals surface area contributed by atoms with Crippen molar-refractivity contribution in [3.8, 4) is 0 Å². The summed E-state index contributed by atoms with van der Waals surface area (Å²) in [7, 11) is 1.60. The molecule has 8 heteroatoms. The van der Waals surface area contributed by atoms with E-state index in [1.807, 2.05) is 24.7 Å². The Kier molecular flexibility index (Phi) is 5.74. The lowest BCUT2D eigenvalue weighted by Gasteiger charge is -2.21. The Hall–Kier alpha value is -2.48.